The van der Waals surface area contributed by atoms with E-state index in [4.69, 9.17) is 21.1 Å². The number of halogens is 1. The summed E-state index contributed by atoms with van der Waals surface area (Å²) in [5.74, 6) is 0.161. The van der Waals surface area contributed by atoms with Gasteiger partial charge in [-0.25, -0.2) is 0 Å². The van der Waals surface area contributed by atoms with Crippen molar-refractivity contribution in [3.8, 4) is 11.5 Å². The predicted octanol–water partition coefficient (Wildman–Crippen LogP) is 3.26. The zero-order chi connectivity index (χ0) is 20.3. The van der Waals surface area contributed by atoms with Crippen molar-refractivity contribution in [2.24, 2.45) is 0 Å². The number of ether oxygens (including phenoxy) is 2. The molecule has 0 aliphatic carbocycles. The topological polar surface area (TPSA) is 84.9 Å². The van der Waals surface area contributed by atoms with Crippen LogP contribution < -0.4 is 14.8 Å². The Balaban J connectivity index is 1.72. The number of rotatable bonds is 6. The van der Waals surface area contributed by atoms with Crippen molar-refractivity contribution in [3.63, 3.8) is 0 Å². The van der Waals surface area contributed by atoms with Gasteiger partial charge in [-0.2, -0.15) is 0 Å². The average Bonchev–Trinajstić information content (AvgIpc) is 3.00. The summed E-state index contributed by atoms with van der Waals surface area (Å²) in [4.78, 5) is 37.2. The SMILES string of the molecule is COc1cc(OC)c(NC(=O)c2ccc(CN3C(=O)CCC3=O)cc2)cc1Cl. The highest BCUT2D eigenvalue weighted by Gasteiger charge is 2.28. The summed E-state index contributed by atoms with van der Waals surface area (Å²) in [6, 6.07) is 9.83. The molecule has 7 nitrogen and oxygen atoms in total. The highest BCUT2D eigenvalue weighted by Crippen LogP contribution is 2.36. The van der Waals surface area contributed by atoms with Crippen LogP contribution in [0.15, 0.2) is 36.4 Å². The van der Waals surface area contributed by atoms with Crippen LogP contribution in [0.1, 0.15) is 28.8 Å². The van der Waals surface area contributed by atoms with E-state index in [0.717, 1.165) is 5.56 Å². The summed E-state index contributed by atoms with van der Waals surface area (Å²) in [7, 11) is 2.97. The minimum atomic E-state index is -0.348. The Morgan fingerprint density at radius 3 is 2.21 bits per heavy atom. The normalized spacial score (nSPS) is 13.6. The first-order chi connectivity index (χ1) is 13.4. The Morgan fingerprint density at radius 2 is 1.64 bits per heavy atom. The molecule has 2 aromatic carbocycles. The number of likely N-dealkylation sites (tertiary alicyclic amines) is 1. The molecule has 1 saturated heterocycles. The zero-order valence-corrected chi connectivity index (χ0v) is 16.2. The fourth-order valence-corrected chi connectivity index (χ4v) is 3.14. The quantitative estimate of drug-likeness (QED) is 0.749. The van der Waals surface area contributed by atoms with Crippen molar-refractivity contribution in [2.75, 3.05) is 19.5 Å². The van der Waals surface area contributed by atoms with Gasteiger partial charge in [0.05, 0.1) is 31.5 Å². The third-order valence-electron chi connectivity index (χ3n) is 4.43. The summed E-state index contributed by atoms with van der Waals surface area (Å²) in [5.41, 5.74) is 1.60. The van der Waals surface area contributed by atoms with E-state index in [1.807, 2.05) is 0 Å². The summed E-state index contributed by atoms with van der Waals surface area (Å²) in [5, 5.41) is 3.10. The molecule has 0 radical (unpaired) electrons. The number of amides is 3. The summed E-state index contributed by atoms with van der Waals surface area (Å²) in [6.07, 6.45) is 0.511. The van der Waals surface area contributed by atoms with Gasteiger partial charge in [0.15, 0.2) is 0 Å². The number of anilines is 1. The van der Waals surface area contributed by atoms with Gasteiger partial charge in [-0.05, 0) is 23.8 Å². The molecule has 2 aromatic rings. The van der Waals surface area contributed by atoms with Crippen molar-refractivity contribution in [3.05, 3.63) is 52.5 Å². The molecule has 8 heteroatoms. The van der Waals surface area contributed by atoms with Gasteiger partial charge in [-0.3, -0.25) is 19.3 Å². The number of benzene rings is 2. The molecule has 1 heterocycles. The Labute approximate surface area is 167 Å². The molecule has 28 heavy (non-hydrogen) atoms. The molecule has 146 valence electrons. The number of carbonyl (C=O) groups excluding carboxylic acids is 3. The van der Waals surface area contributed by atoms with Crippen molar-refractivity contribution in [1.29, 1.82) is 0 Å². The van der Waals surface area contributed by atoms with Crippen molar-refractivity contribution in [1.82, 2.24) is 4.90 Å². The van der Waals surface area contributed by atoms with Crippen LogP contribution in [0.25, 0.3) is 0 Å². The first kappa shape index (κ1) is 19.7. The van der Waals surface area contributed by atoms with Crippen LogP contribution in [0, 0.1) is 0 Å². The molecule has 0 atom stereocenters. The fraction of sp³-hybridized carbons (Fsp3) is 0.250. The van der Waals surface area contributed by atoms with Gasteiger partial charge in [0.2, 0.25) is 11.8 Å². The van der Waals surface area contributed by atoms with E-state index in [-0.39, 0.29) is 37.1 Å². The maximum absolute atomic E-state index is 12.5. The molecular formula is C20H19ClN2O5. The molecule has 0 unspecified atom stereocenters. The van der Waals surface area contributed by atoms with Gasteiger partial charge >= 0.3 is 0 Å². The molecule has 0 saturated carbocycles. The Morgan fingerprint density at radius 1 is 1.04 bits per heavy atom. The number of carbonyl (C=O) groups is 3. The Hall–Kier alpha value is -3.06. The number of hydrogen-bond acceptors (Lipinski definition) is 5. The Bertz CT molecular complexity index is 911. The summed E-state index contributed by atoms with van der Waals surface area (Å²) >= 11 is 6.12. The Kier molecular flexibility index (Phi) is 5.84. The number of hydrogen-bond donors (Lipinski definition) is 1. The van der Waals surface area contributed by atoms with Crippen LogP contribution in [0.2, 0.25) is 5.02 Å². The minimum Gasteiger partial charge on any atom is -0.495 e. The number of methoxy groups -OCH3 is 2. The van der Waals surface area contributed by atoms with E-state index in [9.17, 15) is 14.4 Å². The number of nitrogens with one attached hydrogen (secondary N) is 1. The van der Waals surface area contributed by atoms with Crippen LogP contribution in [-0.2, 0) is 16.1 Å². The smallest absolute Gasteiger partial charge is 0.255 e. The second-order valence-electron chi connectivity index (χ2n) is 6.21. The standard InChI is InChI=1S/C20H19ClN2O5/c1-27-16-10-17(28-2)15(9-14(16)21)22-20(26)13-5-3-12(4-6-13)11-23-18(24)7-8-19(23)25/h3-6,9-10H,7-8,11H2,1-2H3,(H,22,26). The molecule has 0 aromatic heterocycles. The first-order valence-corrected chi connectivity index (χ1v) is 8.95. The van der Waals surface area contributed by atoms with E-state index in [0.29, 0.717) is 27.8 Å². The average molecular weight is 403 g/mol. The second-order valence-corrected chi connectivity index (χ2v) is 6.62. The monoisotopic (exact) mass is 402 g/mol. The van der Waals surface area contributed by atoms with E-state index >= 15 is 0 Å². The lowest BCUT2D eigenvalue weighted by Gasteiger charge is -2.15. The lowest BCUT2D eigenvalue weighted by Crippen LogP contribution is -2.28. The van der Waals surface area contributed by atoms with Gasteiger partial charge in [0.1, 0.15) is 11.5 Å². The summed E-state index contributed by atoms with van der Waals surface area (Å²) < 4.78 is 10.4. The lowest BCUT2D eigenvalue weighted by molar-refractivity contribution is -0.139. The molecule has 0 bridgehead atoms. The van der Waals surface area contributed by atoms with Crippen LogP contribution in [-0.4, -0.2) is 36.8 Å². The fourth-order valence-electron chi connectivity index (χ4n) is 2.90. The molecular weight excluding hydrogens is 384 g/mol. The van der Waals surface area contributed by atoms with Crippen LogP contribution in [0.3, 0.4) is 0 Å². The van der Waals surface area contributed by atoms with Crippen molar-refractivity contribution >= 4 is 35.0 Å². The molecule has 1 aliphatic heterocycles. The summed E-state index contributed by atoms with van der Waals surface area (Å²) in [6.45, 7) is 0.210. The zero-order valence-electron chi connectivity index (χ0n) is 15.5. The second kappa shape index (κ2) is 8.31. The predicted molar refractivity (Wildman–Crippen MR) is 104 cm³/mol. The van der Waals surface area contributed by atoms with Crippen molar-refractivity contribution < 1.29 is 23.9 Å². The lowest BCUT2D eigenvalue weighted by atomic mass is 10.1. The minimum absolute atomic E-state index is 0.171. The van der Waals surface area contributed by atoms with Gasteiger partial charge in [-0.15, -0.1) is 0 Å². The first-order valence-electron chi connectivity index (χ1n) is 8.58. The highest BCUT2D eigenvalue weighted by atomic mass is 35.5. The van der Waals surface area contributed by atoms with Gasteiger partial charge in [0, 0.05) is 24.5 Å². The molecule has 3 rings (SSSR count). The van der Waals surface area contributed by atoms with Gasteiger partial charge in [-0.1, -0.05) is 23.7 Å². The van der Waals surface area contributed by atoms with Crippen molar-refractivity contribution in [2.45, 2.75) is 19.4 Å². The third-order valence-corrected chi connectivity index (χ3v) is 4.73. The van der Waals surface area contributed by atoms with Gasteiger partial charge in [0.25, 0.3) is 5.91 Å². The van der Waals surface area contributed by atoms with Gasteiger partial charge < -0.3 is 14.8 Å². The molecule has 1 N–H and O–H groups in total. The van der Waals surface area contributed by atoms with Crippen LogP contribution in [0.5, 0.6) is 11.5 Å². The maximum atomic E-state index is 12.5. The van der Waals surface area contributed by atoms with E-state index in [2.05, 4.69) is 5.32 Å². The van der Waals surface area contributed by atoms with Crippen LogP contribution >= 0.6 is 11.6 Å². The van der Waals surface area contributed by atoms with E-state index in [1.54, 1.807) is 36.4 Å². The van der Waals surface area contributed by atoms with E-state index < -0.39 is 0 Å². The largest absolute Gasteiger partial charge is 0.495 e. The molecule has 1 aliphatic rings. The highest BCUT2D eigenvalue weighted by molar-refractivity contribution is 6.32. The number of nitrogens with zero attached hydrogens (tertiary/aromatic N) is 1. The molecule has 3 amide bonds. The number of imide groups is 1. The van der Waals surface area contributed by atoms with E-state index in [1.165, 1.54) is 19.1 Å². The maximum Gasteiger partial charge on any atom is 0.255 e. The molecule has 0 spiro atoms. The third kappa shape index (κ3) is 4.09. The van der Waals surface area contributed by atoms with Crippen LogP contribution in [0.4, 0.5) is 5.69 Å². The molecule has 1 fully saturated rings.